The van der Waals surface area contributed by atoms with Crippen molar-refractivity contribution in [2.45, 2.75) is 31.2 Å². The Morgan fingerprint density at radius 3 is 2.34 bits per heavy atom. The third kappa shape index (κ3) is 4.64. The maximum absolute atomic E-state index is 13.9. The highest BCUT2D eigenvalue weighted by molar-refractivity contribution is 5.99. The predicted molar refractivity (Wildman–Crippen MR) is 128 cm³/mol. The molecule has 0 saturated carbocycles. The molecule has 5 rings (SSSR count). The summed E-state index contributed by atoms with van der Waals surface area (Å²) in [6, 6.07) is 24.0. The van der Waals surface area contributed by atoms with Gasteiger partial charge in [-0.25, -0.2) is 4.68 Å². The van der Waals surface area contributed by atoms with Gasteiger partial charge in [-0.05, 0) is 22.3 Å². The molecule has 8 heteroatoms. The van der Waals surface area contributed by atoms with E-state index in [1.54, 1.807) is 24.3 Å². The first kappa shape index (κ1) is 22.7. The summed E-state index contributed by atoms with van der Waals surface area (Å²) in [6.07, 6.45) is -3.52. The zero-order valence-corrected chi connectivity index (χ0v) is 18.7. The molecule has 2 heterocycles. The second-order valence-electron chi connectivity index (χ2n) is 8.46. The van der Waals surface area contributed by atoms with Gasteiger partial charge < -0.3 is 10.6 Å². The lowest BCUT2D eigenvalue weighted by Gasteiger charge is -2.34. The van der Waals surface area contributed by atoms with Crippen molar-refractivity contribution < 1.29 is 18.0 Å². The maximum atomic E-state index is 13.9. The molecule has 1 aliphatic rings. The Balaban J connectivity index is 1.41. The van der Waals surface area contributed by atoms with Crippen LogP contribution in [0.4, 0.5) is 19.0 Å². The number of carbonyl (C=O) groups is 1. The van der Waals surface area contributed by atoms with Crippen LogP contribution in [0, 0.1) is 0 Å². The summed E-state index contributed by atoms with van der Waals surface area (Å²) < 4.78 is 42.6. The number of halogens is 3. The number of nitrogens with zero attached hydrogens (tertiary/aromatic N) is 2. The Morgan fingerprint density at radius 1 is 0.971 bits per heavy atom. The fourth-order valence-electron chi connectivity index (χ4n) is 4.48. The second kappa shape index (κ2) is 9.29. The lowest BCUT2D eigenvalue weighted by molar-refractivity contribution is -0.173. The Hall–Kier alpha value is -4.07. The van der Waals surface area contributed by atoms with Gasteiger partial charge in [0.1, 0.15) is 11.4 Å². The molecule has 35 heavy (non-hydrogen) atoms. The number of hydrogen-bond donors (Lipinski definition) is 2. The first-order valence-corrected chi connectivity index (χ1v) is 11.3. The molecule has 4 aromatic rings. The van der Waals surface area contributed by atoms with Crippen molar-refractivity contribution >= 4 is 11.7 Å². The molecule has 0 spiro atoms. The van der Waals surface area contributed by atoms with Crippen LogP contribution < -0.4 is 10.6 Å². The van der Waals surface area contributed by atoms with Gasteiger partial charge in [0.2, 0.25) is 0 Å². The molecule has 1 aromatic heterocycles. The molecule has 0 aliphatic carbocycles. The van der Waals surface area contributed by atoms with Gasteiger partial charge in [-0.2, -0.15) is 18.3 Å². The van der Waals surface area contributed by atoms with Gasteiger partial charge in [0, 0.05) is 13.0 Å². The summed E-state index contributed by atoms with van der Waals surface area (Å²) >= 11 is 0. The van der Waals surface area contributed by atoms with Gasteiger partial charge in [-0.3, -0.25) is 4.79 Å². The molecular formula is C27H23F3N4O. The van der Waals surface area contributed by atoms with Crippen LogP contribution in [-0.4, -0.2) is 21.9 Å². The van der Waals surface area contributed by atoms with Crippen molar-refractivity contribution in [3.63, 3.8) is 0 Å². The van der Waals surface area contributed by atoms with Crippen LogP contribution in [-0.2, 0) is 6.54 Å². The van der Waals surface area contributed by atoms with Gasteiger partial charge >= 0.3 is 6.18 Å². The highest BCUT2D eigenvalue weighted by Crippen LogP contribution is 2.44. The minimum absolute atomic E-state index is 0.0706. The highest BCUT2D eigenvalue weighted by atomic mass is 19.4. The van der Waals surface area contributed by atoms with E-state index in [1.807, 2.05) is 60.7 Å². The van der Waals surface area contributed by atoms with Crippen LogP contribution in [0.2, 0.25) is 0 Å². The first-order chi connectivity index (χ1) is 16.9. The summed E-state index contributed by atoms with van der Waals surface area (Å²) in [5.41, 5.74) is 3.69. The summed E-state index contributed by atoms with van der Waals surface area (Å²) in [7, 11) is 0. The summed E-state index contributed by atoms with van der Waals surface area (Å²) in [4.78, 5) is 13.1. The van der Waals surface area contributed by atoms with Crippen LogP contribution in [0.5, 0.6) is 0 Å². The molecule has 0 saturated heterocycles. The van der Waals surface area contributed by atoms with Crippen LogP contribution >= 0.6 is 0 Å². The third-order valence-corrected chi connectivity index (χ3v) is 6.23. The van der Waals surface area contributed by atoms with E-state index in [4.69, 9.17) is 0 Å². The van der Waals surface area contributed by atoms with E-state index < -0.39 is 24.2 Å². The molecule has 5 nitrogen and oxygen atoms in total. The van der Waals surface area contributed by atoms with E-state index in [9.17, 15) is 18.0 Å². The van der Waals surface area contributed by atoms with Crippen LogP contribution in [0.15, 0.2) is 91.1 Å². The van der Waals surface area contributed by atoms with Gasteiger partial charge in [0.25, 0.3) is 5.91 Å². The van der Waals surface area contributed by atoms with Crippen molar-refractivity contribution in [1.29, 1.82) is 0 Å². The van der Waals surface area contributed by atoms with Gasteiger partial charge in [-0.15, -0.1) is 0 Å². The van der Waals surface area contributed by atoms with Crippen molar-refractivity contribution in [3.05, 3.63) is 108 Å². The molecule has 1 amide bonds. The minimum Gasteiger partial charge on any atom is -0.363 e. The van der Waals surface area contributed by atoms with Gasteiger partial charge in [0.05, 0.1) is 12.2 Å². The fourth-order valence-corrected chi connectivity index (χ4v) is 4.48. The van der Waals surface area contributed by atoms with Crippen LogP contribution in [0.1, 0.15) is 40.0 Å². The Kier molecular flexibility index (Phi) is 6.03. The van der Waals surface area contributed by atoms with Gasteiger partial charge in [0.15, 0.2) is 6.04 Å². The number of aromatic nitrogens is 2. The van der Waals surface area contributed by atoms with Crippen molar-refractivity contribution in [3.8, 4) is 11.1 Å². The van der Waals surface area contributed by atoms with Crippen molar-refractivity contribution in [1.82, 2.24) is 15.1 Å². The Morgan fingerprint density at radius 2 is 1.63 bits per heavy atom. The normalized spacial score (nSPS) is 17.3. The number of fused-ring (bicyclic) bond motifs is 1. The molecule has 2 atom stereocenters. The zero-order chi connectivity index (χ0) is 24.4. The number of hydrogen-bond acceptors (Lipinski definition) is 3. The number of anilines is 1. The molecule has 2 N–H and O–H groups in total. The van der Waals surface area contributed by atoms with E-state index in [1.165, 1.54) is 6.20 Å². The monoisotopic (exact) mass is 476 g/mol. The van der Waals surface area contributed by atoms with Crippen molar-refractivity contribution in [2.75, 3.05) is 5.32 Å². The second-order valence-corrected chi connectivity index (χ2v) is 8.46. The molecule has 2 unspecified atom stereocenters. The molecular weight excluding hydrogens is 453 g/mol. The molecule has 0 bridgehead atoms. The number of carbonyl (C=O) groups excluding carboxylic acids is 1. The van der Waals surface area contributed by atoms with E-state index >= 15 is 0 Å². The van der Waals surface area contributed by atoms with E-state index in [2.05, 4.69) is 15.7 Å². The summed E-state index contributed by atoms with van der Waals surface area (Å²) in [6.45, 7) is 0.222. The fraction of sp³-hybridized carbons (Fsp3) is 0.185. The summed E-state index contributed by atoms with van der Waals surface area (Å²) in [5, 5.41) is 9.92. The molecule has 1 aliphatic heterocycles. The molecule has 0 fully saturated rings. The molecule has 3 aromatic carbocycles. The smallest absolute Gasteiger partial charge is 0.363 e. The number of rotatable bonds is 5. The van der Waals surface area contributed by atoms with Gasteiger partial charge in [-0.1, -0.05) is 84.9 Å². The lowest BCUT2D eigenvalue weighted by atomic mass is 9.96. The van der Waals surface area contributed by atoms with E-state index in [0.29, 0.717) is 0 Å². The molecule has 0 radical (unpaired) electrons. The maximum Gasteiger partial charge on any atom is 0.410 e. The minimum atomic E-state index is -4.50. The number of alkyl halides is 3. The quantitative estimate of drug-likeness (QED) is 0.364. The Labute approximate surface area is 200 Å². The van der Waals surface area contributed by atoms with E-state index in [-0.39, 0.29) is 24.3 Å². The number of nitrogens with one attached hydrogen (secondary N) is 2. The zero-order valence-electron chi connectivity index (χ0n) is 18.7. The largest absolute Gasteiger partial charge is 0.410 e. The average Bonchev–Trinajstić information content (AvgIpc) is 3.31. The predicted octanol–water partition coefficient (Wildman–Crippen LogP) is 6.14. The lowest BCUT2D eigenvalue weighted by Crippen LogP contribution is -2.36. The van der Waals surface area contributed by atoms with E-state index in [0.717, 1.165) is 26.9 Å². The van der Waals surface area contributed by atoms with Crippen molar-refractivity contribution in [2.24, 2.45) is 0 Å². The van der Waals surface area contributed by atoms with Crippen LogP contribution in [0.3, 0.4) is 0 Å². The topological polar surface area (TPSA) is 59.0 Å². The average molecular weight is 477 g/mol. The SMILES string of the molecule is O=C(NCc1ccccc1-c1ccccc1)c1cnn2c1NC(c1ccccc1)CC2C(F)(F)F. The number of benzene rings is 3. The standard InChI is InChI=1S/C27H23F3N4O/c28-27(29,30)24-15-23(19-11-5-2-6-12-19)33-25-22(17-32-34(24)25)26(35)31-16-20-13-7-8-14-21(20)18-9-3-1-4-10-18/h1-14,17,23-24,33H,15-16H2,(H,31,35). The van der Waals surface area contributed by atoms with Crippen LogP contribution in [0.25, 0.3) is 11.1 Å². The third-order valence-electron chi connectivity index (χ3n) is 6.23. The summed E-state index contributed by atoms with van der Waals surface area (Å²) in [5.74, 6) is -0.419. The number of amides is 1. The first-order valence-electron chi connectivity index (χ1n) is 11.3. The highest BCUT2D eigenvalue weighted by Gasteiger charge is 2.47. The molecule has 178 valence electrons. The Bertz CT molecular complexity index is 1320.